The summed E-state index contributed by atoms with van der Waals surface area (Å²) in [5.41, 5.74) is 0. The van der Waals surface area contributed by atoms with Crippen molar-refractivity contribution >= 4 is 17.8 Å². The molecule has 7 heteroatoms. The van der Waals surface area contributed by atoms with Crippen molar-refractivity contribution in [2.24, 2.45) is 0 Å². The summed E-state index contributed by atoms with van der Waals surface area (Å²) in [4.78, 5) is 36.1. The molecule has 0 aromatic heterocycles. The average Bonchev–Trinajstić information content (AvgIpc) is 3.07. The van der Waals surface area contributed by atoms with E-state index in [0.717, 1.165) is 5.75 Å². The molecule has 1 aromatic rings. The molecule has 0 aliphatic carbocycles. The lowest BCUT2D eigenvalue weighted by atomic mass is 10.2. The van der Waals surface area contributed by atoms with Gasteiger partial charge in [-0.05, 0) is 31.4 Å². The van der Waals surface area contributed by atoms with Gasteiger partial charge in [-0.1, -0.05) is 18.2 Å². The Hall–Kier alpha value is -2.57. The standard InChI is InChI=1S/C17H22N2O5/c20-15(9-5-11-24-13-6-2-1-3-7-13)18-12-16(21)19-10-4-8-14(19)17(22)23/h1-3,6-7,14H,4-5,8-12H2,(H,18,20)(H,22,23)/t14-/m0/s1. The summed E-state index contributed by atoms with van der Waals surface area (Å²) in [6, 6.07) is 8.55. The third-order valence-corrected chi connectivity index (χ3v) is 3.86. The largest absolute Gasteiger partial charge is 0.494 e. The van der Waals surface area contributed by atoms with Crippen molar-refractivity contribution in [1.29, 1.82) is 0 Å². The highest BCUT2D eigenvalue weighted by Gasteiger charge is 2.33. The average molecular weight is 334 g/mol. The lowest BCUT2D eigenvalue weighted by molar-refractivity contribution is -0.148. The molecule has 1 heterocycles. The fraction of sp³-hybridized carbons (Fsp3) is 0.471. The van der Waals surface area contributed by atoms with E-state index in [2.05, 4.69) is 5.32 Å². The number of nitrogens with one attached hydrogen (secondary N) is 1. The van der Waals surface area contributed by atoms with Crippen LogP contribution in [0.4, 0.5) is 0 Å². The molecule has 130 valence electrons. The molecule has 1 saturated heterocycles. The first-order chi connectivity index (χ1) is 11.6. The van der Waals surface area contributed by atoms with Crippen LogP contribution in [-0.4, -0.2) is 53.5 Å². The number of nitrogens with zero attached hydrogens (tertiary/aromatic N) is 1. The molecular weight excluding hydrogens is 312 g/mol. The van der Waals surface area contributed by atoms with E-state index in [1.165, 1.54) is 4.90 Å². The Morgan fingerprint density at radius 2 is 2.00 bits per heavy atom. The Labute approximate surface area is 140 Å². The maximum atomic E-state index is 12.0. The second-order valence-electron chi connectivity index (χ2n) is 5.63. The molecule has 0 spiro atoms. The third-order valence-electron chi connectivity index (χ3n) is 3.86. The molecule has 1 aliphatic rings. The summed E-state index contributed by atoms with van der Waals surface area (Å²) in [7, 11) is 0. The molecule has 0 bridgehead atoms. The minimum atomic E-state index is -0.995. The van der Waals surface area contributed by atoms with E-state index in [1.54, 1.807) is 0 Å². The number of ether oxygens (including phenoxy) is 1. The van der Waals surface area contributed by atoms with Crippen molar-refractivity contribution in [3.8, 4) is 5.75 Å². The number of hydrogen-bond acceptors (Lipinski definition) is 4. The van der Waals surface area contributed by atoms with Crippen molar-refractivity contribution < 1.29 is 24.2 Å². The van der Waals surface area contributed by atoms with Crippen LogP contribution >= 0.6 is 0 Å². The van der Waals surface area contributed by atoms with Crippen LogP contribution in [-0.2, 0) is 14.4 Å². The van der Waals surface area contributed by atoms with Gasteiger partial charge in [0.05, 0.1) is 13.2 Å². The van der Waals surface area contributed by atoms with E-state index in [-0.39, 0.29) is 24.8 Å². The Balaban J connectivity index is 1.62. The molecule has 2 N–H and O–H groups in total. The predicted octanol–water partition coefficient (Wildman–Crippen LogP) is 1.04. The lowest BCUT2D eigenvalue weighted by Crippen LogP contribution is -2.45. The molecule has 24 heavy (non-hydrogen) atoms. The van der Waals surface area contributed by atoms with Crippen LogP contribution in [0.2, 0.25) is 0 Å². The van der Waals surface area contributed by atoms with Crippen molar-refractivity contribution in [3.05, 3.63) is 30.3 Å². The van der Waals surface area contributed by atoms with Gasteiger partial charge in [0.2, 0.25) is 11.8 Å². The highest BCUT2D eigenvalue weighted by atomic mass is 16.5. The SMILES string of the molecule is O=C(CCCOc1ccccc1)NCC(=O)N1CCC[C@H]1C(=O)O. The first-order valence-electron chi connectivity index (χ1n) is 8.05. The van der Waals surface area contributed by atoms with Gasteiger partial charge in [0.1, 0.15) is 11.8 Å². The molecule has 1 atom stereocenters. The van der Waals surface area contributed by atoms with E-state index in [9.17, 15) is 14.4 Å². The summed E-state index contributed by atoms with van der Waals surface area (Å²) >= 11 is 0. The predicted molar refractivity (Wildman–Crippen MR) is 86.6 cm³/mol. The highest BCUT2D eigenvalue weighted by Crippen LogP contribution is 2.17. The summed E-state index contributed by atoms with van der Waals surface area (Å²) < 4.78 is 5.48. The molecule has 2 rings (SSSR count). The summed E-state index contributed by atoms with van der Waals surface area (Å²) in [5.74, 6) is -0.841. The second kappa shape index (κ2) is 8.90. The third kappa shape index (κ3) is 5.26. The number of benzene rings is 1. The first-order valence-corrected chi connectivity index (χ1v) is 8.05. The van der Waals surface area contributed by atoms with Crippen molar-refractivity contribution in [2.75, 3.05) is 19.7 Å². The Morgan fingerprint density at radius 1 is 1.25 bits per heavy atom. The zero-order valence-corrected chi connectivity index (χ0v) is 13.4. The van der Waals surface area contributed by atoms with E-state index in [4.69, 9.17) is 9.84 Å². The molecular formula is C17H22N2O5. The Kier molecular flexibility index (Phi) is 6.60. The van der Waals surface area contributed by atoms with Crippen LogP contribution in [0, 0.1) is 0 Å². The zero-order valence-electron chi connectivity index (χ0n) is 13.4. The van der Waals surface area contributed by atoms with Gasteiger partial charge in [-0.2, -0.15) is 0 Å². The number of carbonyl (C=O) groups excluding carboxylic acids is 2. The molecule has 7 nitrogen and oxygen atoms in total. The fourth-order valence-electron chi connectivity index (χ4n) is 2.63. The monoisotopic (exact) mass is 334 g/mol. The minimum Gasteiger partial charge on any atom is -0.494 e. The number of aliphatic carboxylic acids is 1. The maximum Gasteiger partial charge on any atom is 0.326 e. The topological polar surface area (TPSA) is 95.9 Å². The zero-order chi connectivity index (χ0) is 17.4. The number of likely N-dealkylation sites (tertiary alicyclic amines) is 1. The van der Waals surface area contributed by atoms with Crippen LogP contribution in [0.15, 0.2) is 30.3 Å². The van der Waals surface area contributed by atoms with Crippen molar-refractivity contribution in [3.63, 3.8) is 0 Å². The summed E-state index contributed by atoms with van der Waals surface area (Å²) in [6.45, 7) is 0.678. The number of carboxylic acid groups (broad SMARTS) is 1. The van der Waals surface area contributed by atoms with Gasteiger partial charge in [0, 0.05) is 13.0 Å². The van der Waals surface area contributed by atoms with Gasteiger partial charge in [-0.25, -0.2) is 4.79 Å². The van der Waals surface area contributed by atoms with Gasteiger partial charge in [-0.15, -0.1) is 0 Å². The number of rotatable bonds is 8. The molecule has 0 unspecified atom stereocenters. The summed E-state index contributed by atoms with van der Waals surface area (Å²) in [6.07, 6.45) is 1.93. The van der Waals surface area contributed by atoms with Gasteiger partial charge >= 0.3 is 5.97 Å². The van der Waals surface area contributed by atoms with E-state index in [1.807, 2.05) is 30.3 Å². The van der Waals surface area contributed by atoms with Gasteiger partial charge in [0.25, 0.3) is 0 Å². The molecule has 2 amide bonds. The van der Waals surface area contributed by atoms with Crippen molar-refractivity contribution in [1.82, 2.24) is 10.2 Å². The lowest BCUT2D eigenvalue weighted by Gasteiger charge is -2.21. The van der Waals surface area contributed by atoms with Crippen molar-refractivity contribution in [2.45, 2.75) is 31.7 Å². The molecule has 0 radical (unpaired) electrons. The number of carbonyl (C=O) groups is 3. The van der Waals surface area contributed by atoms with Crippen LogP contribution < -0.4 is 10.1 Å². The van der Waals surface area contributed by atoms with E-state index < -0.39 is 12.0 Å². The van der Waals surface area contributed by atoms with Crippen LogP contribution in [0.25, 0.3) is 0 Å². The number of amides is 2. The van der Waals surface area contributed by atoms with Gasteiger partial charge in [-0.3, -0.25) is 9.59 Å². The molecule has 1 fully saturated rings. The Morgan fingerprint density at radius 3 is 2.71 bits per heavy atom. The number of carboxylic acids is 1. The van der Waals surface area contributed by atoms with E-state index in [0.29, 0.717) is 32.4 Å². The minimum absolute atomic E-state index is 0.165. The second-order valence-corrected chi connectivity index (χ2v) is 5.63. The summed E-state index contributed by atoms with van der Waals surface area (Å²) in [5, 5.41) is 11.6. The Bertz CT molecular complexity index is 576. The smallest absolute Gasteiger partial charge is 0.326 e. The molecule has 1 aliphatic heterocycles. The van der Waals surface area contributed by atoms with Gasteiger partial charge in [0.15, 0.2) is 0 Å². The number of para-hydroxylation sites is 1. The molecule has 0 saturated carbocycles. The van der Waals surface area contributed by atoms with Crippen LogP contribution in [0.1, 0.15) is 25.7 Å². The highest BCUT2D eigenvalue weighted by molar-refractivity contribution is 5.88. The van der Waals surface area contributed by atoms with Crippen LogP contribution in [0.5, 0.6) is 5.75 Å². The van der Waals surface area contributed by atoms with E-state index >= 15 is 0 Å². The number of hydrogen-bond donors (Lipinski definition) is 2. The van der Waals surface area contributed by atoms with Crippen LogP contribution in [0.3, 0.4) is 0 Å². The molecule has 1 aromatic carbocycles. The van der Waals surface area contributed by atoms with Gasteiger partial charge < -0.3 is 20.1 Å². The maximum absolute atomic E-state index is 12.0. The fourth-order valence-corrected chi connectivity index (χ4v) is 2.63. The normalized spacial score (nSPS) is 16.7. The quantitative estimate of drug-likeness (QED) is 0.693. The first kappa shape index (κ1) is 17.8.